The van der Waals surface area contributed by atoms with Crippen molar-refractivity contribution >= 4 is 5.91 Å². The Kier molecular flexibility index (Phi) is 51.8. The number of allylic oxidation sites excluding steroid dienone is 9. The molecule has 0 aromatic heterocycles. The summed E-state index contributed by atoms with van der Waals surface area (Å²) < 4.78 is 0. The van der Waals surface area contributed by atoms with Crippen LogP contribution in [-0.4, -0.2) is 34.9 Å². The molecule has 0 radical (unpaired) electrons. The van der Waals surface area contributed by atoms with E-state index >= 15 is 0 Å². The summed E-state index contributed by atoms with van der Waals surface area (Å²) in [5, 5.41) is 23.1. The van der Waals surface area contributed by atoms with Crippen molar-refractivity contribution in [2.45, 2.75) is 296 Å². The van der Waals surface area contributed by atoms with Gasteiger partial charge in [0.25, 0.3) is 0 Å². The lowest BCUT2D eigenvalue weighted by atomic mass is 10.0. The van der Waals surface area contributed by atoms with Crippen molar-refractivity contribution in [2.24, 2.45) is 0 Å². The molecule has 0 aromatic carbocycles. The quantitative estimate of drug-likeness (QED) is 0.0421. The van der Waals surface area contributed by atoms with Gasteiger partial charge in [-0.25, -0.2) is 0 Å². The SMILES string of the molecule is CCCCCCC/C=C\C/C=C\C/C=C\CCCCCCCCCCCCCCCCCCCCCCC(=O)NC(CO)C(O)/C=C/CC/C=C/CCCCCCCCCCC. The number of hydrogen-bond acceptors (Lipinski definition) is 3. The second-order valence-corrected chi connectivity index (χ2v) is 18.6. The third kappa shape index (κ3) is 49.1. The monoisotopic (exact) mass is 866 g/mol. The largest absolute Gasteiger partial charge is 0.394 e. The van der Waals surface area contributed by atoms with Gasteiger partial charge >= 0.3 is 0 Å². The molecule has 0 saturated carbocycles. The summed E-state index contributed by atoms with van der Waals surface area (Å²) in [6, 6.07) is -0.639. The van der Waals surface area contributed by atoms with Crippen LogP contribution in [-0.2, 0) is 4.79 Å². The minimum atomic E-state index is -0.862. The number of hydrogen-bond donors (Lipinski definition) is 3. The zero-order chi connectivity index (χ0) is 44.9. The molecule has 0 aliphatic heterocycles. The molecule has 1 amide bonds. The number of amides is 1. The first-order valence-corrected chi connectivity index (χ1v) is 27.5. The van der Waals surface area contributed by atoms with Crippen LogP contribution in [0.4, 0.5) is 0 Å². The van der Waals surface area contributed by atoms with Crippen LogP contribution in [0.15, 0.2) is 60.8 Å². The van der Waals surface area contributed by atoms with Gasteiger partial charge in [-0.1, -0.05) is 267 Å². The molecule has 62 heavy (non-hydrogen) atoms. The van der Waals surface area contributed by atoms with Gasteiger partial charge in [0.05, 0.1) is 18.8 Å². The fourth-order valence-electron chi connectivity index (χ4n) is 8.26. The van der Waals surface area contributed by atoms with Gasteiger partial charge in [-0.2, -0.15) is 0 Å². The highest BCUT2D eigenvalue weighted by Gasteiger charge is 2.18. The Balaban J connectivity index is 3.47. The summed E-state index contributed by atoms with van der Waals surface area (Å²) in [5.41, 5.74) is 0. The van der Waals surface area contributed by atoms with Gasteiger partial charge in [-0.05, 0) is 70.6 Å². The van der Waals surface area contributed by atoms with Crippen LogP contribution in [0.3, 0.4) is 0 Å². The van der Waals surface area contributed by atoms with E-state index in [1.165, 1.54) is 218 Å². The zero-order valence-corrected chi connectivity index (χ0v) is 41.6. The third-order valence-electron chi connectivity index (χ3n) is 12.5. The number of rotatable bonds is 50. The number of aliphatic hydroxyl groups is 2. The van der Waals surface area contributed by atoms with Crippen molar-refractivity contribution in [3.63, 3.8) is 0 Å². The summed E-state index contributed by atoms with van der Waals surface area (Å²) in [6.45, 7) is 4.29. The van der Waals surface area contributed by atoms with E-state index in [2.05, 4.69) is 67.8 Å². The molecule has 0 aliphatic carbocycles. The maximum atomic E-state index is 12.4. The fourth-order valence-corrected chi connectivity index (χ4v) is 8.26. The highest BCUT2D eigenvalue weighted by molar-refractivity contribution is 5.76. The van der Waals surface area contributed by atoms with Crippen molar-refractivity contribution in [3.05, 3.63) is 60.8 Å². The van der Waals surface area contributed by atoms with Crippen molar-refractivity contribution in [1.82, 2.24) is 5.32 Å². The molecule has 0 spiro atoms. The van der Waals surface area contributed by atoms with Crippen LogP contribution in [0.2, 0.25) is 0 Å². The Morgan fingerprint density at radius 3 is 1.05 bits per heavy atom. The van der Waals surface area contributed by atoms with Crippen LogP contribution in [0.25, 0.3) is 0 Å². The van der Waals surface area contributed by atoms with Gasteiger partial charge in [0.15, 0.2) is 0 Å². The molecule has 0 aliphatic rings. The fraction of sp³-hybridized carbons (Fsp3) is 0.810. The van der Waals surface area contributed by atoms with E-state index in [0.717, 1.165) is 44.9 Å². The first kappa shape index (κ1) is 60.1. The predicted molar refractivity (Wildman–Crippen MR) is 276 cm³/mol. The molecule has 3 N–H and O–H groups in total. The van der Waals surface area contributed by atoms with Gasteiger partial charge in [0.2, 0.25) is 5.91 Å². The topological polar surface area (TPSA) is 69.6 Å². The Morgan fingerprint density at radius 2 is 0.677 bits per heavy atom. The second-order valence-electron chi connectivity index (χ2n) is 18.6. The van der Waals surface area contributed by atoms with E-state index in [0.29, 0.717) is 6.42 Å². The molecular weight excluding hydrogens is 759 g/mol. The van der Waals surface area contributed by atoms with E-state index in [9.17, 15) is 15.0 Å². The van der Waals surface area contributed by atoms with Crippen molar-refractivity contribution in [1.29, 1.82) is 0 Å². The maximum absolute atomic E-state index is 12.4. The lowest BCUT2D eigenvalue weighted by Crippen LogP contribution is -2.45. The van der Waals surface area contributed by atoms with E-state index in [1.54, 1.807) is 6.08 Å². The standard InChI is InChI=1S/C58H107NO3/c1-3-5-7-9-11-13-15-17-19-20-21-22-23-24-25-26-27-28-29-30-31-32-33-34-35-36-37-38-40-42-44-46-48-50-52-54-58(62)59-56(55-60)57(61)53-51-49-47-45-43-41-39-18-16-14-12-10-8-6-4-2/h15,17,20-21,23-24,43,45,51,53,56-57,60-61H,3-14,16,18-19,22,25-42,44,46-50,52,54-55H2,1-2H3,(H,59,62)/b17-15-,21-20-,24-23-,45-43+,53-51+. The maximum Gasteiger partial charge on any atom is 0.220 e. The molecule has 4 nitrogen and oxygen atoms in total. The van der Waals surface area contributed by atoms with E-state index < -0.39 is 12.1 Å². The lowest BCUT2D eigenvalue weighted by molar-refractivity contribution is -0.123. The molecule has 0 bridgehead atoms. The van der Waals surface area contributed by atoms with Gasteiger partial charge in [-0.3, -0.25) is 4.79 Å². The molecule has 0 rings (SSSR count). The summed E-state index contributed by atoms with van der Waals surface area (Å²) >= 11 is 0. The van der Waals surface area contributed by atoms with Crippen molar-refractivity contribution in [3.8, 4) is 0 Å². The van der Waals surface area contributed by atoms with Gasteiger partial charge in [0.1, 0.15) is 0 Å². The molecule has 2 atom stereocenters. The second kappa shape index (κ2) is 53.4. The van der Waals surface area contributed by atoms with Crippen LogP contribution in [0, 0.1) is 0 Å². The summed E-state index contributed by atoms with van der Waals surface area (Å²) in [5.74, 6) is -0.0717. The molecular formula is C58H107NO3. The average Bonchev–Trinajstić information content (AvgIpc) is 3.28. The average molecular weight is 866 g/mol. The number of unbranched alkanes of at least 4 members (excludes halogenated alkanes) is 35. The Morgan fingerprint density at radius 1 is 0.387 bits per heavy atom. The summed E-state index contributed by atoms with van der Waals surface area (Å²) in [4.78, 5) is 12.4. The third-order valence-corrected chi connectivity index (χ3v) is 12.5. The number of nitrogens with one attached hydrogen (secondary N) is 1. The minimum Gasteiger partial charge on any atom is -0.394 e. The van der Waals surface area contributed by atoms with E-state index in [4.69, 9.17) is 0 Å². The molecule has 0 aromatic rings. The Bertz CT molecular complexity index is 1030. The Labute approximate surface area is 387 Å². The first-order chi connectivity index (χ1) is 30.7. The van der Waals surface area contributed by atoms with Crippen molar-refractivity contribution < 1.29 is 15.0 Å². The minimum absolute atomic E-state index is 0.0717. The van der Waals surface area contributed by atoms with Gasteiger partial charge in [-0.15, -0.1) is 0 Å². The van der Waals surface area contributed by atoms with E-state index in [1.807, 2.05) is 6.08 Å². The van der Waals surface area contributed by atoms with Gasteiger partial charge < -0.3 is 15.5 Å². The highest BCUT2D eigenvalue weighted by Crippen LogP contribution is 2.16. The number of carbonyl (C=O) groups is 1. The molecule has 2 unspecified atom stereocenters. The predicted octanol–water partition coefficient (Wildman–Crippen LogP) is 18.0. The van der Waals surface area contributed by atoms with Gasteiger partial charge in [0, 0.05) is 6.42 Å². The molecule has 0 fully saturated rings. The number of carbonyl (C=O) groups excluding carboxylic acids is 1. The van der Waals surface area contributed by atoms with Crippen molar-refractivity contribution in [2.75, 3.05) is 6.61 Å². The normalized spacial score (nSPS) is 13.3. The Hall–Kier alpha value is -1.91. The smallest absolute Gasteiger partial charge is 0.220 e. The van der Waals surface area contributed by atoms with Crippen LogP contribution in [0.1, 0.15) is 284 Å². The van der Waals surface area contributed by atoms with Crippen LogP contribution in [0.5, 0.6) is 0 Å². The zero-order valence-electron chi connectivity index (χ0n) is 41.6. The number of aliphatic hydroxyl groups excluding tert-OH is 2. The lowest BCUT2D eigenvalue weighted by Gasteiger charge is -2.19. The van der Waals surface area contributed by atoms with Crippen LogP contribution < -0.4 is 5.32 Å². The molecule has 0 heterocycles. The highest BCUT2D eigenvalue weighted by atomic mass is 16.3. The molecule has 0 saturated heterocycles. The summed E-state index contributed by atoms with van der Waals surface area (Å²) in [6.07, 6.45) is 75.3. The molecule has 362 valence electrons. The molecule has 4 heteroatoms. The summed E-state index contributed by atoms with van der Waals surface area (Å²) in [7, 11) is 0. The first-order valence-electron chi connectivity index (χ1n) is 27.5. The van der Waals surface area contributed by atoms with Crippen LogP contribution >= 0.6 is 0 Å². The van der Waals surface area contributed by atoms with E-state index in [-0.39, 0.29) is 12.5 Å².